The van der Waals surface area contributed by atoms with Crippen molar-refractivity contribution in [1.82, 2.24) is 10.2 Å². The largest absolute Gasteiger partial charge is 0.497 e. The summed E-state index contributed by atoms with van der Waals surface area (Å²) in [7, 11) is 1.70. The van der Waals surface area contributed by atoms with Crippen molar-refractivity contribution in [3.05, 3.63) is 29.3 Å². The van der Waals surface area contributed by atoms with Crippen LogP contribution in [-0.2, 0) is 6.42 Å². The number of nitrogens with zero attached hydrogens (tertiary/aromatic N) is 2. The molecule has 1 aromatic carbocycles. The molecule has 0 bridgehead atoms. The maximum absolute atomic E-state index is 6.00. The Kier molecular flexibility index (Phi) is 2.50. The van der Waals surface area contributed by atoms with E-state index >= 15 is 0 Å². The predicted molar refractivity (Wildman–Crippen MR) is 78.2 cm³/mol. The third-order valence-corrected chi connectivity index (χ3v) is 4.32. The molecule has 1 atom stereocenters. The smallest absolute Gasteiger partial charge is 0.154 e. The summed E-state index contributed by atoms with van der Waals surface area (Å²) < 4.78 is 5.31. The standard InChI is InChI=1S/C15H18N4O/c1-20-11-3-2-9-6-13-14(12(9)7-11)17-18-15(13)19-5-4-10(16)8-19/h2-3,7,10H,4-6,8,16H2,1H3,(H,17,18). The molecular weight excluding hydrogens is 252 g/mol. The van der Waals surface area contributed by atoms with Gasteiger partial charge >= 0.3 is 0 Å². The van der Waals surface area contributed by atoms with Crippen LogP contribution in [0.1, 0.15) is 17.5 Å². The van der Waals surface area contributed by atoms with E-state index in [9.17, 15) is 0 Å². The minimum Gasteiger partial charge on any atom is -0.497 e. The van der Waals surface area contributed by atoms with Crippen molar-refractivity contribution in [2.45, 2.75) is 18.9 Å². The third kappa shape index (κ3) is 1.63. The van der Waals surface area contributed by atoms with Crippen LogP contribution >= 0.6 is 0 Å². The van der Waals surface area contributed by atoms with E-state index in [0.29, 0.717) is 0 Å². The summed E-state index contributed by atoms with van der Waals surface area (Å²) in [5.74, 6) is 1.96. The van der Waals surface area contributed by atoms with Crippen molar-refractivity contribution in [1.29, 1.82) is 0 Å². The lowest BCUT2D eigenvalue weighted by atomic mass is 10.1. The van der Waals surface area contributed by atoms with Crippen LogP contribution in [0, 0.1) is 0 Å². The van der Waals surface area contributed by atoms with Gasteiger partial charge in [-0.25, -0.2) is 0 Å². The van der Waals surface area contributed by atoms with E-state index in [0.717, 1.165) is 43.2 Å². The molecule has 1 fully saturated rings. The van der Waals surface area contributed by atoms with Gasteiger partial charge in [-0.1, -0.05) is 6.07 Å². The van der Waals surface area contributed by atoms with Crippen LogP contribution in [0.4, 0.5) is 5.82 Å². The number of H-pyrrole nitrogens is 1. The van der Waals surface area contributed by atoms with Crippen LogP contribution in [0.5, 0.6) is 5.75 Å². The first-order chi connectivity index (χ1) is 9.76. The van der Waals surface area contributed by atoms with Crippen LogP contribution in [0.25, 0.3) is 11.3 Å². The van der Waals surface area contributed by atoms with Crippen molar-refractivity contribution in [3.63, 3.8) is 0 Å². The van der Waals surface area contributed by atoms with Gasteiger partial charge in [0.05, 0.1) is 12.8 Å². The molecule has 2 aliphatic rings. The van der Waals surface area contributed by atoms with Crippen LogP contribution < -0.4 is 15.4 Å². The second kappa shape index (κ2) is 4.24. The molecular formula is C15H18N4O. The minimum atomic E-state index is 0.270. The van der Waals surface area contributed by atoms with Gasteiger partial charge in [0.25, 0.3) is 0 Å². The Hall–Kier alpha value is -2.01. The Morgan fingerprint density at radius 1 is 1.45 bits per heavy atom. The number of aromatic nitrogens is 2. The lowest BCUT2D eigenvalue weighted by molar-refractivity contribution is 0.415. The molecule has 5 nitrogen and oxygen atoms in total. The second-order valence-corrected chi connectivity index (χ2v) is 5.60. The van der Waals surface area contributed by atoms with E-state index in [1.165, 1.54) is 16.7 Å². The fraction of sp³-hybridized carbons (Fsp3) is 0.400. The molecule has 3 N–H and O–H groups in total. The van der Waals surface area contributed by atoms with Crippen LogP contribution in [0.2, 0.25) is 0 Å². The first kappa shape index (κ1) is 11.8. The number of aromatic amines is 1. The Morgan fingerprint density at radius 2 is 2.35 bits per heavy atom. The molecule has 1 aliphatic carbocycles. The zero-order chi connectivity index (χ0) is 13.7. The van der Waals surface area contributed by atoms with Crippen LogP contribution in [0.15, 0.2) is 18.2 Å². The highest BCUT2D eigenvalue weighted by Gasteiger charge is 2.30. The lowest BCUT2D eigenvalue weighted by Gasteiger charge is -2.15. The Morgan fingerprint density at radius 3 is 3.10 bits per heavy atom. The number of ether oxygens (including phenoxy) is 1. The lowest BCUT2D eigenvalue weighted by Crippen LogP contribution is -2.27. The third-order valence-electron chi connectivity index (χ3n) is 4.32. The molecule has 4 rings (SSSR count). The topological polar surface area (TPSA) is 67.2 Å². The summed E-state index contributed by atoms with van der Waals surface area (Å²) in [5.41, 5.74) is 11.0. The second-order valence-electron chi connectivity index (χ2n) is 5.60. The molecule has 2 heterocycles. The zero-order valence-corrected chi connectivity index (χ0v) is 11.5. The van der Waals surface area contributed by atoms with Crippen molar-refractivity contribution >= 4 is 5.82 Å². The maximum Gasteiger partial charge on any atom is 0.154 e. The van der Waals surface area contributed by atoms with Crippen molar-refractivity contribution < 1.29 is 4.74 Å². The number of hydrogen-bond acceptors (Lipinski definition) is 4. The highest BCUT2D eigenvalue weighted by Crippen LogP contribution is 2.41. The van der Waals surface area contributed by atoms with Crippen molar-refractivity contribution in [3.8, 4) is 17.0 Å². The Balaban J connectivity index is 1.74. The average Bonchev–Trinajstić information content (AvgIpc) is 3.12. The minimum absolute atomic E-state index is 0.270. The average molecular weight is 270 g/mol. The fourth-order valence-corrected chi connectivity index (χ4v) is 3.25. The van der Waals surface area contributed by atoms with Gasteiger partial charge in [-0.3, -0.25) is 5.10 Å². The van der Waals surface area contributed by atoms with Gasteiger partial charge in [0.1, 0.15) is 5.75 Å². The number of benzene rings is 1. The number of nitrogens with one attached hydrogen (secondary N) is 1. The molecule has 1 aliphatic heterocycles. The Labute approximate surface area is 117 Å². The predicted octanol–water partition coefficient (Wildman–Crippen LogP) is 1.53. The van der Waals surface area contributed by atoms with E-state index in [4.69, 9.17) is 10.5 Å². The number of hydrogen-bond donors (Lipinski definition) is 2. The number of anilines is 1. The molecule has 2 aromatic rings. The highest BCUT2D eigenvalue weighted by atomic mass is 16.5. The molecule has 5 heteroatoms. The molecule has 1 saturated heterocycles. The summed E-state index contributed by atoms with van der Waals surface area (Å²) in [6, 6.07) is 6.51. The molecule has 1 unspecified atom stereocenters. The summed E-state index contributed by atoms with van der Waals surface area (Å²) in [6.45, 7) is 1.90. The number of nitrogens with two attached hydrogens (primary N) is 1. The summed E-state index contributed by atoms with van der Waals surface area (Å²) in [5, 5.41) is 7.71. The molecule has 20 heavy (non-hydrogen) atoms. The van der Waals surface area contributed by atoms with E-state index in [-0.39, 0.29) is 6.04 Å². The van der Waals surface area contributed by atoms with Crippen LogP contribution in [-0.4, -0.2) is 36.4 Å². The van der Waals surface area contributed by atoms with Gasteiger partial charge in [-0.2, -0.15) is 5.10 Å². The summed E-state index contributed by atoms with van der Waals surface area (Å²) >= 11 is 0. The summed E-state index contributed by atoms with van der Waals surface area (Å²) in [4.78, 5) is 2.29. The van der Waals surface area contributed by atoms with E-state index in [1.807, 2.05) is 6.07 Å². The summed E-state index contributed by atoms with van der Waals surface area (Å²) in [6.07, 6.45) is 1.98. The van der Waals surface area contributed by atoms with Crippen molar-refractivity contribution in [2.24, 2.45) is 5.73 Å². The van der Waals surface area contributed by atoms with Gasteiger partial charge in [0, 0.05) is 36.7 Å². The highest BCUT2D eigenvalue weighted by molar-refractivity contribution is 5.79. The monoisotopic (exact) mass is 270 g/mol. The first-order valence-corrected chi connectivity index (χ1v) is 7.01. The number of rotatable bonds is 2. The first-order valence-electron chi connectivity index (χ1n) is 7.01. The van der Waals surface area contributed by atoms with E-state index in [2.05, 4.69) is 27.2 Å². The quantitative estimate of drug-likeness (QED) is 0.741. The molecule has 0 spiro atoms. The molecule has 104 valence electrons. The maximum atomic E-state index is 6.00. The van der Waals surface area contributed by atoms with Gasteiger partial charge < -0.3 is 15.4 Å². The fourth-order valence-electron chi connectivity index (χ4n) is 3.25. The van der Waals surface area contributed by atoms with Gasteiger partial charge in [-0.05, 0) is 24.1 Å². The van der Waals surface area contributed by atoms with Gasteiger partial charge in [0.15, 0.2) is 5.82 Å². The molecule has 0 amide bonds. The normalized spacial score (nSPS) is 20.1. The molecule has 0 radical (unpaired) electrons. The molecule has 1 aromatic heterocycles. The number of fused-ring (bicyclic) bond motifs is 3. The van der Waals surface area contributed by atoms with Crippen LogP contribution in [0.3, 0.4) is 0 Å². The molecule has 0 saturated carbocycles. The van der Waals surface area contributed by atoms with Gasteiger partial charge in [-0.15, -0.1) is 0 Å². The number of methoxy groups -OCH3 is 1. The SMILES string of the molecule is COc1ccc2c(c1)-c1[nH]nc(N3CCC(N)C3)c1C2. The Bertz CT molecular complexity index is 664. The van der Waals surface area contributed by atoms with E-state index in [1.54, 1.807) is 7.11 Å². The van der Waals surface area contributed by atoms with Gasteiger partial charge in [0.2, 0.25) is 0 Å². The zero-order valence-electron chi connectivity index (χ0n) is 11.5. The van der Waals surface area contributed by atoms with E-state index < -0.39 is 0 Å². The van der Waals surface area contributed by atoms with Crippen molar-refractivity contribution in [2.75, 3.05) is 25.1 Å².